The third kappa shape index (κ3) is 3.55. The molecule has 0 aliphatic rings. The molecule has 1 aromatic rings. The van der Waals surface area contributed by atoms with E-state index in [2.05, 4.69) is 20.7 Å². The van der Waals surface area contributed by atoms with Crippen LogP contribution in [-0.4, -0.2) is 30.2 Å². The second-order valence-electron chi connectivity index (χ2n) is 2.71. The minimum atomic E-state index is 0.543. The number of rotatable bonds is 6. The van der Waals surface area contributed by atoms with E-state index in [0.717, 1.165) is 19.6 Å². The van der Waals surface area contributed by atoms with Gasteiger partial charge in [-0.3, -0.25) is 4.98 Å². The van der Waals surface area contributed by atoms with Crippen molar-refractivity contribution in [2.24, 2.45) is 5.84 Å². The predicted molar refractivity (Wildman–Crippen MR) is 54.8 cm³/mol. The Bertz CT molecular complexity index is 268. The summed E-state index contributed by atoms with van der Waals surface area (Å²) >= 11 is 0. The molecule has 0 amide bonds. The van der Waals surface area contributed by atoms with Crippen molar-refractivity contribution in [1.29, 1.82) is 0 Å². The second-order valence-corrected chi connectivity index (χ2v) is 2.71. The summed E-state index contributed by atoms with van der Waals surface area (Å²) in [5.74, 6) is 6.44. The molecule has 0 atom stereocenters. The summed E-state index contributed by atoms with van der Waals surface area (Å²) in [7, 11) is 1.68. The van der Waals surface area contributed by atoms with Crippen molar-refractivity contribution in [3.8, 4) is 0 Å². The van der Waals surface area contributed by atoms with Gasteiger partial charge in [-0.2, -0.15) is 0 Å². The predicted octanol–water partition coefficient (Wildman–Crippen LogP) is 0.211. The molecular weight excluding hydrogens is 182 g/mol. The van der Waals surface area contributed by atoms with Gasteiger partial charge in [0.1, 0.15) is 5.82 Å². The Labute approximate surface area is 82.9 Å². The maximum atomic E-state index is 5.19. The Morgan fingerprint density at radius 2 is 2.21 bits per heavy atom. The lowest BCUT2D eigenvalue weighted by Crippen LogP contribution is -2.11. The van der Waals surface area contributed by atoms with E-state index < -0.39 is 0 Å². The molecule has 1 aromatic heterocycles. The van der Waals surface area contributed by atoms with E-state index in [9.17, 15) is 0 Å². The molecule has 78 valence electrons. The Hall–Kier alpha value is -1.40. The highest BCUT2D eigenvalue weighted by Gasteiger charge is 1.95. The van der Waals surface area contributed by atoms with Gasteiger partial charge in [0.25, 0.3) is 0 Å². The molecule has 0 bridgehead atoms. The average molecular weight is 197 g/mol. The molecular formula is C8H15N5O. The highest BCUT2D eigenvalue weighted by molar-refractivity contribution is 5.40. The Balaban J connectivity index is 2.34. The van der Waals surface area contributed by atoms with Crippen LogP contribution >= 0.6 is 0 Å². The maximum absolute atomic E-state index is 5.19. The largest absolute Gasteiger partial charge is 0.385 e. The monoisotopic (exact) mass is 197 g/mol. The van der Waals surface area contributed by atoms with Crippen molar-refractivity contribution in [2.75, 3.05) is 31.0 Å². The van der Waals surface area contributed by atoms with Crippen LogP contribution < -0.4 is 16.6 Å². The molecule has 0 aliphatic carbocycles. The zero-order valence-corrected chi connectivity index (χ0v) is 8.16. The Morgan fingerprint density at radius 1 is 1.43 bits per heavy atom. The van der Waals surface area contributed by atoms with Crippen LogP contribution in [0.25, 0.3) is 0 Å². The lowest BCUT2D eigenvalue weighted by Gasteiger charge is -2.05. The minimum absolute atomic E-state index is 0.543. The Kier molecular flexibility index (Phi) is 4.66. The van der Waals surface area contributed by atoms with Gasteiger partial charge in [0.05, 0.1) is 12.4 Å². The zero-order chi connectivity index (χ0) is 10.2. The van der Waals surface area contributed by atoms with E-state index in [0.29, 0.717) is 11.6 Å². The first kappa shape index (κ1) is 10.7. The SMILES string of the molecule is COCCCNc1cncc(NN)n1. The molecule has 4 N–H and O–H groups in total. The van der Waals surface area contributed by atoms with Crippen molar-refractivity contribution >= 4 is 11.6 Å². The third-order valence-electron chi connectivity index (χ3n) is 1.61. The number of nitrogens with one attached hydrogen (secondary N) is 2. The molecule has 0 saturated carbocycles. The van der Waals surface area contributed by atoms with Gasteiger partial charge < -0.3 is 15.5 Å². The van der Waals surface area contributed by atoms with Crippen LogP contribution in [0.5, 0.6) is 0 Å². The second kappa shape index (κ2) is 6.11. The van der Waals surface area contributed by atoms with Crippen molar-refractivity contribution in [3.05, 3.63) is 12.4 Å². The molecule has 0 saturated heterocycles. The fourth-order valence-corrected chi connectivity index (χ4v) is 0.954. The molecule has 0 fully saturated rings. The van der Waals surface area contributed by atoms with Gasteiger partial charge in [0.2, 0.25) is 0 Å². The van der Waals surface area contributed by atoms with Crippen LogP contribution in [0.3, 0.4) is 0 Å². The fourth-order valence-electron chi connectivity index (χ4n) is 0.954. The highest BCUT2D eigenvalue weighted by Crippen LogP contribution is 2.04. The Morgan fingerprint density at radius 3 is 2.93 bits per heavy atom. The maximum Gasteiger partial charge on any atom is 0.160 e. The number of nitrogens with zero attached hydrogens (tertiary/aromatic N) is 2. The molecule has 0 unspecified atom stereocenters. The first-order valence-electron chi connectivity index (χ1n) is 4.38. The van der Waals surface area contributed by atoms with E-state index in [1.54, 1.807) is 19.5 Å². The van der Waals surface area contributed by atoms with E-state index >= 15 is 0 Å². The number of anilines is 2. The normalized spacial score (nSPS) is 9.86. The molecule has 0 aliphatic heterocycles. The summed E-state index contributed by atoms with van der Waals surface area (Å²) in [4.78, 5) is 8.09. The summed E-state index contributed by atoms with van der Waals surface area (Å²) in [6.07, 6.45) is 4.13. The van der Waals surface area contributed by atoms with Gasteiger partial charge in [-0.25, -0.2) is 10.8 Å². The molecule has 14 heavy (non-hydrogen) atoms. The number of hydrazine groups is 1. The molecule has 0 aromatic carbocycles. The molecule has 1 rings (SSSR count). The van der Waals surface area contributed by atoms with Gasteiger partial charge in [-0.15, -0.1) is 0 Å². The smallest absolute Gasteiger partial charge is 0.160 e. The summed E-state index contributed by atoms with van der Waals surface area (Å²) in [6, 6.07) is 0. The number of nitrogen functional groups attached to an aromatic ring is 1. The third-order valence-corrected chi connectivity index (χ3v) is 1.61. The van der Waals surface area contributed by atoms with Crippen molar-refractivity contribution in [1.82, 2.24) is 9.97 Å². The van der Waals surface area contributed by atoms with Crippen LogP contribution in [-0.2, 0) is 4.74 Å². The minimum Gasteiger partial charge on any atom is -0.385 e. The van der Waals surface area contributed by atoms with Crippen molar-refractivity contribution in [3.63, 3.8) is 0 Å². The van der Waals surface area contributed by atoms with Gasteiger partial charge in [0.15, 0.2) is 5.82 Å². The van der Waals surface area contributed by atoms with Gasteiger partial charge in [-0.05, 0) is 6.42 Å². The summed E-state index contributed by atoms with van der Waals surface area (Å²) in [6.45, 7) is 1.53. The van der Waals surface area contributed by atoms with E-state index in [4.69, 9.17) is 10.6 Å². The number of aromatic nitrogens is 2. The van der Waals surface area contributed by atoms with Crippen LogP contribution in [0, 0.1) is 0 Å². The first-order chi connectivity index (χ1) is 6.86. The van der Waals surface area contributed by atoms with Gasteiger partial charge >= 0.3 is 0 Å². The van der Waals surface area contributed by atoms with Crippen molar-refractivity contribution < 1.29 is 4.74 Å². The van der Waals surface area contributed by atoms with E-state index in [1.165, 1.54) is 0 Å². The number of ether oxygens (including phenoxy) is 1. The topological polar surface area (TPSA) is 85.1 Å². The van der Waals surface area contributed by atoms with Crippen LogP contribution in [0.4, 0.5) is 11.6 Å². The summed E-state index contributed by atoms with van der Waals surface area (Å²) in [5, 5.41) is 3.10. The number of methoxy groups -OCH3 is 1. The molecule has 0 radical (unpaired) electrons. The molecule has 1 heterocycles. The molecule has 6 heteroatoms. The van der Waals surface area contributed by atoms with Crippen molar-refractivity contribution in [2.45, 2.75) is 6.42 Å². The van der Waals surface area contributed by atoms with Gasteiger partial charge in [-0.1, -0.05) is 0 Å². The summed E-state index contributed by atoms with van der Waals surface area (Å²) in [5.41, 5.74) is 2.43. The number of hydrogen-bond acceptors (Lipinski definition) is 6. The average Bonchev–Trinajstić information content (AvgIpc) is 2.25. The molecule has 6 nitrogen and oxygen atoms in total. The highest BCUT2D eigenvalue weighted by atomic mass is 16.5. The number of hydrogen-bond donors (Lipinski definition) is 3. The van der Waals surface area contributed by atoms with Crippen LogP contribution in [0.1, 0.15) is 6.42 Å². The number of nitrogens with two attached hydrogens (primary N) is 1. The zero-order valence-electron chi connectivity index (χ0n) is 8.16. The van der Waals surface area contributed by atoms with Crippen LogP contribution in [0.2, 0.25) is 0 Å². The quantitative estimate of drug-likeness (QED) is 0.343. The van der Waals surface area contributed by atoms with Gasteiger partial charge in [0, 0.05) is 20.3 Å². The summed E-state index contributed by atoms with van der Waals surface area (Å²) < 4.78 is 4.92. The lowest BCUT2D eigenvalue weighted by atomic mass is 10.4. The fraction of sp³-hybridized carbons (Fsp3) is 0.500. The molecule has 0 spiro atoms. The van der Waals surface area contributed by atoms with E-state index in [-0.39, 0.29) is 0 Å². The lowest BCUT2D eigenvalue weighted by molar-refractivity contribution is 0.198. The van der Waals surface area contributed by atoms with Crippen LogP contribution in [0.15, 0.2) is 12.4 Å². The standard InChI is InChI=1S/C8H15N5O/c1-14-4-2-3-11-7-5-10-6-8(12-7)13-9/h5-6H,2-4,9H2,1H3,(H2,11,12,13). The van der Waals surface area contributed by atoms with E-state index in [1.807, 2.05) is 0 Å². The first-order valence-corrected chi connectivity index (χ1v) is 4.38.